The number of carbonyl (C=O) groups is 2. The number of hydrazone groups is 1. The number of benzene rings is 3. The average molecular weight is 508 g/mol. The fourth-order valence-corrected chi connectivity index (χ4v) is 4.49. The summed E-state index contributed by atoms with van der Waals surface area (Å²) < 4.78 is 10.8. The monoisotopic (exact) mass is 507 g/mol. The minimum atomic E-state index is -0.357. The highest BCUT2D eigenvalue weighted by molar-refractivity contribution is 5.94. The van der Waals surface area contributed by atoms with Crippen molar-refractivity contribution < 1.29 is 18.7 Å². The molecular weight excluding hydrogens is 478 g/mol. The summed E-state index contributed by atoms with van der Waals surface area (Å²) in [5.41, 5.74) is 8.38. The van der Waals surface area contributed by atoms with Gasteiger partial charge in [0.2, 0.25) is 0 Å². The highest BCUT2D eigenvalue weighted by Crippen LogP contribution is 2.23. The van der Waals surface area contributed by atoms with E-state index >= 15 is 0 Å². The third-order valence-corrected chi connectivity index (χ3v) is 6.50. The molecule has 3 aromatic carbocycles. The molecule has 4 aromatic rings. The summed E-state index contributed by atoms with van der Waals surface area (Å²) in [7, 11) is 0. The predicted molar refractivity (Wildman–Crippen MR) is 146 cm³/mol. The van der Waals surface area contributed by atoms with Gasteiger partial charge in [0, 0.05) is 30.8 Å². The molecule has 0 radical (unpaired) electrons. The van der Waals surface area contributed by atoms with Crippen LogP contribution in [0.1, 0.15) is 50.1 Å². The summed E-state index contributed by atoms with van der Waals surface area (Å²) in [4.78, 5) is 26.8. The van der Waals surface area contributed by atoms with Crippen molar-refractivity contribution in [3.63, 3.8) is 0 Å². The molecule has 1 amide bonds. The first-order valence-electron chi connectivity index (χ1n) is 12.7. The molecule has 0 spiro atoms. The van der Waals surface area contributed by atoms with Gasteiger partial charge in [0.25, 0.3) is 5.91 Å². The third kappa shape index (κ3) is 6.07. The van der Waals surface area contributed by atoms with Crippen LogP contribution in [-0.4, -0.2) is 36.1 Å². The molecule has 7 heteroatoms. The van der Waals surface area contributed by atoms with Crippen LogP contribution in [0.5, 0.6) is 0 Å². The lowest BCUT2D eigenvalue weighted by atomic mass is 9.99. The topological polar surface area (TPSA) is 84.1 Å². The summed E-state index contributed by atoms with van der Waals surface area (Å²) in [5.74, 6) is 0.472. The van der Waals surface area contributed by atoms with Crippen LogP contribution in [0.3, 0.4) is 0 Å². The van der Waals surface area contributed by atoms with Crippen LogP contribution in [0.15, 0.2) is 94.4 Å². The van der Waals surface area contributed by atoms with Gasteiger partial charge in [0.15, 0.2) is 0 Å². The number of amides is 1. The smallest absolute Gasteiger partial charge is 0.338 e. The molecule has 0 saturated carbocycles. The van der Waals surface area contributed by atoms with E-state index < -0.39 is 0 Å². The Labute approximate surface area is 221 Å². The number of nitrogens with one attached hydrogen (secondary N) is 1. The second-order valence-electron chi connectivity index (χ2n) is 9.13. The summed E-state index contributed by atoms with van der Waals surface area (Å²) in [6, 6.07) is 26.8. The van der Waals surface area contributed by atoms with E-state index in [-0.39, 0.29) is 11.9 Å². The standard InChI is InChI=1S/C31H29N3O4/c1-2-37-31(36)26-13-11-24(12-14-26)29-16-15-28(38-29)19-32-33-30(35)25-9-7-22(8-10-25)20-34-18-17-23-5-3-4-6-27(23)21-34/h3-16,19H,2,17-18,20-21H2,1H3,(H,33,35). The van der Waals surface area contributed by atoms with E-state index in [4.69, 9.17) is 9.15 Å². The summed E-state index contributed by atoms with van der Waals surface area (Å²) in [6.07, 6.45) is 2.52. The van der Waals surface area contributed by atoms with Gasteiger partial charge in [-0.15, -0.1) is 0 Å². The van der Waals surface area contributed by atoms with Crippen LogP contribution in [0, 0.1) is 0 Å². The Bertz CT molecular complexity index is 1440. The molecule has 192 valence electrons. The number of furan rings is 1. The molecule has 7 nitrogen and oxygen atoms in total. The Morgan fingerprint density at radius 1 is 0.947 bits per heavy atom. The van der Waals surface area contributed by atoms with Crippen LogP contribution < -0.4 is 5.43 Å². The van der Waals surface area contributed by atoms with E-state index in [2.05, 4.69) is 39.7 Å². The van der Waals surface area contributed by atoms with Gasteiger partial charge in [0.1, 0.15) is 11.5 Å². The molecule has 0 aliphatic carbocycles. The third-order valence-electron chi connectivity index (χ3n) is 6.50. The second kappa shape index (κ2) is 11.7. The Kier molecular flexibility index (Phi) is 7.75. The fourth-order valence-electron chi connectivity index (χ4n) is 4.49. The van der Waals surface area contributed by atoms with Gasteiger partial charge >= 0.3 is 5.97 Å². The number of hydrogen-bond donors (Lipinski definition) is 1. The number of carbonyl (C=O) groups excluding carboxylic acids is 2. The lowest BCUT2D eigenvalue weighted by Crippen LogP contribution is -2.30. The Morgan fingerprint density at radius 3 is 2.45 bits per heavy atom. The minimum Gasteiger partial charge on any atom is -0.462 e. The highest BCUT2D eigenvalue weighted by atomic mass is 16.5. The van der Waals surface area contributed by atoms with E-state index in [0.717, 1.165) is 31.6 Å². The molecule has 5 rings (SSSR count). The predicted octanol–water partition coefficient (Wildman–Crippen LogP) is 5.45. The molecule has 1 aliphatic rings. The van der Waals surface area contributed by atoms with Crippen LogP contribution in [0.4, 0.5) is 0 Å². The zero-order valence-electron chi connectivity index (χ0n) is 21.2. The van der Waals surface area contributed by atoms with E-state index in [1.54, 1.807) is 37.3 Å². The van der Waals surface area contributed by atoms with Crippen LogP contribution in [-0.2, 0) is 24.2 Å². The first kappa shape index (κ1) is 25.2. The summed E-state index contributed by atoms with van der Waals surface area (Å²) in [6.45, 7) is 4.92. The highest BCUT2D eigenvalue weighted by Gasteiger charge is 2.16. The van der Waals surface area contributed by atoms with Gasteiger partial charge in [-0.2, -0.15) is 5.10 Å². The molecule has 1 aliphatic heterocycles. The van der Waals surface area contributed by atoms with Crippen molar-refractivity contribution in [2.24, 2.45) is 5.10 Å². The van der Waals surface area contributed by atoms with Gasteiger partial charge in [-0.05, 0) is 66.4 Å². The van der Waals surface area contributed by atoms with Gasteiger partial charge < -0.3 is 9.15 Å². The fraction of sp³-hybridized carbons (Fsp3) is 0.194. The van der Waals surface area contributed by atoms with Crippen molar-refractivity contribution in [3.8, 4) is 11.3 Å². The Morgan fingerprint density at radius 2 is 1.68 bits per heavy atom. The van der Waals surface area contributed by atoms with Crippen molar-refractivity contribution >= 4 is 18.1 Å². The second-order valence-corrected chi connectivity index (χ2v) is 9.13. The van der Waals surface area contributed by atoms with Gasteiger partial charge in [-0.1, -0.05) is 48.5 Å². The minimum absolute atomic E-state index is 0.291. The van der Waals surface area contributed by atoms with Gasteiger partial charge in [-0.25, -0.2) is 10.2 Å². The van der Waals surface area contributed by atoms with Crippen LogP contribution in [0.2, 0.25) is 0 Å². The molecule has 0 atom stereocenters. The lowest BCUT2D eigenvalue weighted by Gasteiger charge is -2.28. The molecule has 2 heterocycles. The quantitative estimate of drug-likeness (QED) is 0.195. The first-order valence-corrected chi connectivity index (χ1v) is 12.7. The normalized spacial score (nSPS) is 13.3. The number of esters is 1. The zero-order valence-corrected chi connectivity index (χ0v) is 21.2. The largest absolute Gasteiger partial charge is 0.462 e. The molecule has 1 aromatic heterocycles. The van der Waals surface area contributed by atoms with E-state index in [0.29, 0.717) is 29.3 Å². The maximum Gasteiger partial charge on any atom is 0.338 e. The maximum atomic E-state index is 12.5. The van der Waals surface area contributed by atoms with Gasteiger partial charge in [0.05, 0.1) is 18.4 Å². The summed E-state index contributed by atoms with van der Waals surface area (Å²) >= 11 is 0. The number of fused-ring (bicyclic) bond motifs is 1. The maximum absolute atomic E-state index is 12.5. The zero-order chi connectivity index (χ0) is 26.3. The Balaban J connectivity index is 1.13. The SMILES string of the molecule is CCOC(=O)c1ccc(-c2ccc(C=NNC(=O)c3ccc(CN4CCc5ccccc5C4)cc3)o2)cc1. The molecule has 0 bridgehead atoms. The first-order chi connectivity index (χ1) is 18.6. The van der Waals surface area contributed by atoms with E-state index in [9.17, 15) is 9.59 Å². The van der Waals surface area contributed by atoms with E-state index in [1.165, 1.54) is 22.9 Å². The van der Waals surface area contributed by atoms with E-state index in [1.807, 2.05) is 30.3 Å². The van der Waals surface area contributed by atoms with Crippen molar-refractivity contribution in [2.45, 2.75) is 26.4 Å². The average Bonchev–Trinajstić information content (AvgIpc) is 3.42. The number of rotatable bonds is 8. The molecule has 38 heavy (non-hydrogen) atoms. The number of nitrogens with zero attached hydrogens (tertiary/aromatic N) is 2. The van der Waals surface area contributed by atoms with Crippen LogP contribution >= 0.6 is 0 Å². The molecule has 0 fully saturated rings. The van der Waals surface area contributed by atoms with Gasteiger partial charge in [-0.3, -0.25) is 9.69 Å². The molecule has 0 unspecified atom stereocenters. The van der Waals surface area contributed by atoms with Crippen molar-refractivity contribution in [1.82, 2.24) is 10.3 Å². The van der Waals surface area contributed by atoms with Crippen LogP contribution in [0.25, 0.3) is 11.3 Å². The Hall–Kier alpha value is -4.49. The van der Waals surface area contributed by atoms with Crippen molar-refractivity contribution in [1.29, 1.82) is 0 Å². The number of ether oxygens (including phenoxy) is 1. The molecule has 1 N–H and O–H groups in total. The van der Waals surface area contributed by atoms with Crippen molar-refractivity contribution in [2.75, 3.05) is 13.2 Å². The molecular formula is C31H29N3O4. The number of hydrogen-bond acceptors (Lipinski definition) is 6. The van der Waals surface area contributed by atoms with Crippen molar-refractivity contribution in [3.05, 3.63) is 119 Å². The lowest BCUT2D eigenvalue weighted by molar-refractivity contribution is 0.0526. The summed E-state index contributed by atoms with van der Waals surface area (Å²) in [5, 5.41) is 4.03. The molecule has 0 saturated heterocycles.